The molecule has 0 aromatic rings. The van der Waals surface area contributed by atoms with E-state index >= 15 is 0 Å². The Kier molecular flexibility index (Phi) is 2.52. The predicted octanol–water partition coefficient (Wildman–Crippen LogP) is 1.89. The molecule has 1 nitrogen and oxygen atoms in total. The van der Waals surface area contributed by atoms with Crippen molar-refractivity contribution in [1.29, 1.82) is 0 Å². The molecule has 0 amide bonds. The van der Waals surface area contributed by atoms with Gasteiger partial charge in [-0.05, 0) is 0 Å². The predicted molar refractivity (Wildman–Crippen MR) is 38.3 cm³/mol. The molecule has 0 aliphatic rings. The lowest BCUT2D eigenvalue weighted by Gasteiger charge is -2.13. The van der Waals surface area contributed by atoms with Gasteiger partial charge in [-0.15, -0.1) is 0 Å². The van der Waals surface area contributed by atoms with Gasteiger partial charge in [0.25, 0.3) is 0 Å². The SMILES string of the molecule is CN(C)[P+](C)(C)Cl. The lowest BCUT2D eigenvalue weighted by atomic mass is 11.3. The highest BCUT2D eigenvalue weighted by molar-refractivity contribution is 7.96. The largest absolute Gasteiger partial charge is 0.176 e. The minimum atomic E-state index is -1.18. The van der Waals surface area contributed by atoms with E-state index in [1.165, 1.54) is 0 Å². The van der Waals surface area contributed by atoms with Gasteiger partial charge in [0.1, 0.15) is 11.2 Å². The van der Waals surface area contributed by atoms with E-state index in [9.17, 15) is 0 Å². The molecule has 3 heteroatoms. The smallest absolute Gasteiger partial charge is 0.171 e. The highest BCUT2D eigenvalue weighted by Gasteiger charge is 2.24. The Labute approximate surface area is 50.8 Å². The van der Waals surface area contributed by atoms with E-state index in [2.05, 4.69) is 18.0 Å². The Bertz CT molecular complexity index is 57.2. The maximum Gasteiger partial charge on any atom is 0.176 e. The van der Waals surface area contributed by atoms with Crippen LogP contribution < -0.4 is 0 Å². The Morgan fingerprint density at radius 3 is 1.43 bits per heavy atom. The molecule has 0 saturated carbocycles. The fourth-order valence-electron chi connectivity index (χ4n) is 0. The lowest BCUT2D eigenvalue weighted by Crippen LogP contribution is -2.06. The first-order chi connectivity index (χ1) is 2.94. The summed E-state index contributed by atoms with van der Waals surface area (Å²) in [6.45, 7) is 2.95. The molecule has 0 aliphatic carbocycles. The molecule has 0 spiro atoms. The maximum absolute atomic E-state index is 5.91. The molecule has 0 rings (SSSR count). The molecule has 0 atom stereocenters. The summed E-state index contributed by atoms with van der Waals surface area (Å²) in [5.41, 5.74) is 0. The van der Waals surface area contributed by atoms with Crippen LogP contribution in [-0.2, 0) is 0 Å². The average molecular weight is 141 g/mol. The van der Waals surface area contributed by atoms with Crippen molar-refractivity contribution in [3.8, 4) is 0 Å². The van der Waals surface area contributed by atoms with Gasteiger partial charge in [0.05, 0.1) is 13.3 Å². The van der Waals surface area contributed by atoms with Gasteiger partial charge in [-0.3, -0.25) is 0 Å². The van der Waals surface area contributed by atoms with E-state index in [0.717, 1.165) is 0 Å². The van der Waals surface area contributed by atoms with Crippen molar-refractivity contribution in [3.63, 3.8) is 0 Å². The molecule has 0 aromatic carbocycles. The zero-order valence-electron chi connectivity index (χ0n) is 5.27. The van der Waals surface area contributed by atoms with E-state index in [-0.39, 0.29) is 0 Å². The monoisotopic (exact) mass is 140 g/mol. The van der Waals surface area contributed by atoms with Crippen LogP contribution in [0.1, 0.15) is 0 Å². The van der Waals surface area contributed by atoms with Crippen LogP contribution in [0.4, 0.5) is 0 Å². The second-order valence-corrected chi connectivity index (χ2v) is 7.91. The average Bonchev–Trinajstić information content (AvgIpc) is 1.31. The molecule has 0 unspecified atom stereocenters. The fourth-order valence-corrected chi connectivity index (χ4v) is 0. The van der Waals surface area contributed by atoms with Gasteiger partial charge < -0.3 is 0 Å². The molecule has 0 radical (unpaired) electrons. The zero-order chi connectivity index (χ0) is 6.08. The van der Waals surface area contributed by atoms with Gasteiger partial charge in [0.2, 0.25) is 0 Å². The Morgan fingerprint density at radius 2 is 1.43 bits per heavy atom. The molecule has 0 aliphatic heterocycles. The van der Waals surface area contributed by atoms with Gasteiger partial charge in [-0.2, -0.15) is 4.67 Å². The van der Waals surface area contributed by atoms with Crippen LogP contribution in [0.2, 0.25) is 0 Å². The van der Waals surface area contributed by atoms with E-state index < -0.39 is 6.77 Å². The molecular weight excluding hydrogens is 128 g/mol. The third-order valence-electron chi connectivity index (χ3n) is 0.951. The fraction of sp³-hybridized carbons (Fsp3) is 1.00. The summed E-state index contributed by atoms with van der Waals surface area (Å²) in [6, 6.07) is 0. The van der Waals surface area contributed by atoms with Gasteiger partial charge in [0, 0.05) is 14.1 Å². The van der Waals surface area contributed by atoms with Crippen LogP contribution in [-0.4, -0.2) is 32.1 Å². The van der Waals surface area contributed by atoms with E-state index in [1.807, 2.05) is 14.1 Å². The summed E-state index contributed by atoms with van der Waals surface area (Å²) < 4.78 is 2.06. The number of hydrogen-bond donors (Lipinski definition) is 0. The van der Waals surface area contributed by atoms with Crippen LogP contribution in [0.3, 0.4) is 0 Å². The molecule has 0 fully saturated rings. The molecule has 0 bridgehead atoms. The third kappa shape index (κ3) is 3.28. The second-order valence-electron chi connectivity index (χ2n) is 2.11. The van der Waals surface area contributed by atoms with Crippen molar-refractivity contribution >= 4 is 18.0 Å². The van der Waals surface area contributed by atoms with Crippen LogP contribution in [0, 0.1) is 0 Å². The summed E-state index contributed by atoms with van der Waals surface area (Å²) in [7, 11) is 4.00. The molecule has 44 valence electrons. The van der Waals surface area contributed by atoms with Crippen LogP contribution >= 0.6 is 18.0 Å². The standard InChI is InChI=1S/C4H12ClNP/c1-6(2)7(3,4)5/h1-4H3/q+1. The van der Waals surface area contributed by atoms with Gasteiger partial charge in [-0.1, -0.05) is 0 Å². The normalized spacial score (nSPS) is 12.9. The summed E-state index contributed by atoms with van der Waals surface area (Å²) >= 11 is 5.91. The van der Waals surface area contributed by atoms with E-state index in [1.54, 1.807) is 0 Å². The maximum atomic E-state index is 5.91. The minimum Gasteiger partial charge on any atom is -0.171 e. The molecule has 0 heterocycles. The van der Waals surface area contributed by atoms with Crippen molar-refractivity contribution in [2.45, 2.75) is 0 Å². The zero-order valence-corrected chi connectivity index (χ0v) is 6.92. The van der Waals surface area contributed by atoms with Crippen molar-refractivity contribution in [3.05, 3.63) is 0 Å². The highest BCUT2D eigenvalue weighted by atomic mass is 35.7. The summed E-state index contributed by atoms with van der Waals surface area (Å²) in [5, 5.41) is 0. The van der Waals surface area contributed by atoms with Gasteiger partial charge in [0.15, 0.2) is 6.77 Å². The van der Waals surface area contributed by atoms with Gasteiger partial charge in [-0.25, -0.2) is 0 Å². The number of hydrogen-bond acceptors (Lipinski definition) is 1. The third-order valence-corrected chi connectivity index (χ3v) is 3.76. The topological polar surface area (TPSA) is 3.24 Å². The molecule has 0 N–H and O–H groups in total. The van der Waals surface area contributed by atoms with Gasteiger partial charge >= 0.3 is 0 Å². The quantitative estimate of drug-likeness (QED) is 0.503. The van der Waals surface area contributed by atoms with E-state index in [4.69, 9.17) is 11.2 Å². The van der Waals surface area contributed by atoms with Crippen LogP contribution in [0.15, 0.2) is 0 Å². The second kappa shape index (κ2) is 2.30. The molecular formula is C4H12ClNP+. The molecule has 0 aromatic heterocycles. The lowest BCUT2D eigenvalue weighted by molar-refractivity contribution is 0.679. The summed E-state index contributed by atoms with van der Waals surface area (Å²) in [5.74, 6) is 0. The molecule has 0 saturated heterocycles. The summed E-state index contributed by atoms with van der Waals surface area (Å²) in [6.07, 6.45) is 0. The van der Waals surface area contributed by atoms with Crippen molar-refractivity contribution in [2.24, 2.45) is 0 Å². The molecule has 7 heavy (non-hydrogen) atoms. The van der Waals surface area contributed by atoms with Crippen molar-refractivity contribution in [1.82, 2.24) is 4.67 Å². The Hall–Kier alpha value is 0.680. The Morgan fingerprint density at radius 1 is 1.29 bits per heavy atom. The van der Waals surface area contributed by atoms with Crippen molar-refractivity contribution in [2.75, 3.05) is 27.4 Å². The first kappa shape index (κ1) is 7.68. The van der Waals surface area contributed by atoms with Crippen LogP contribution in [0.5, 0.6) is 0 Å². The summed E-state index contributed by atoms with van der Waals surface area (Å²) in [4.78, 5) is 0. The van der Waals surface area contributed by atoms with E-state index in [0.29, 0.717) is 0 Å². The number of rotatable bonds is 1. The minimum absolute atomic E-state index is 1.18. The first-order valence-electron chi connectivity index (χ1n) is 2.16. The number of halogens is 1. The number of nitrogens with zero attached hydrogens (tertiary/aromatic N) is 1. The van der Waals surface area contributed by atoms with Crippen LogP contribution in [0.25, 0.3) is 0 Å². The first-order valence-corrected chi connectivity index (χ1v) is 5.70. The Balaban J connectivity index is 3.54. The highest BCUT2D eigenvalue weighted by Crippen LogP contribution is 2.58. The van der Waals surface area contributed by atoms with Crippen molar-refractivity contribution < 1.29 is 0 Å².